The van der Waals surface area contributed by atoms with Crippen LogP contribution >= 0.6 is 0 Å². The molecule has 1 amide bonds. The van der Waals surface area contributed by atoms with Gasteiger partial charge in [-0.05, 0) is 31.1 Å². The highest BCUT2D eigenvalue weighted by atomic mass is 32.2. The zero-order valence-corrected chi connectivity index (χ0v) is 16.4. The Balaban J connectivity index is 2.34. The third kappa shape index (κ3) is 5.94. The van der Waals surface area contributed by atoms with Gasteiger partial charge in [0.25, 0.3) is 5.91 Å². The highest BCUT2D eigenvalue weighted by Crippen LogP contribution is 2.20. The van der Waals surface area contributed by atoms with Gasteiger partial charge in [-0.3, -0.25) is 9.59 Å². The molecular weight excluding hydrogens is 380 g/mol. The zero-order chi connectivity index (χ0) is 20.4. The van der Waals surface area contributed by atoms with Crippen molar-refractivity contribution < 1.29 is 22.7 Å². The SMILES string of the molecule is C#CCN1C/C=C\COC(=O)CCCCCNC(=O)c2ccccc2S1(=O)=O. The molecule has 1 aliphatic rings. The van der Waals surface area contributed by atoms with Crippen LogP contribution in [0.3, 0.4) is 0 Å². The quantitative estimate of drug-likeness (QED) is 0.437. The summed E-state index contributed by atoms with van der Waals surface area (Å²) in [4.78, 5) is 24.1. The van der Waals surface area contributed by atoms with Crippen LogP contribution in [0, 0.1) is 12.3 Å². The van der Waals surface area contributed by atoms with Crippen LogP contribution in [-0.4, -0.2) is 50.8 Å². The average Bonchev–Trinajstić information content (AvgIpc) is 2.68. The van der Waals surface area contributed by atoms with E-state index in [4.69, 9.17) is 11.2 Å². The van der Waals surface area contributed by atoms with Gasteiger partial charge in [-0.2, -0.15) is 4.31 Å². The number of ether oxygens (including phenoxy) is 1. The summed E-state index contributed by atoms with van der Waals surface area (Å²) in [6.45, 7) is 0.305. The van der Waals surface area contributed by atoms with Gasteiger partial charge in [-0.15, -0.1) is 6.42 Å². The van der Waals surface area contributed by atoms with Gasteiger partial charge in [0.15, 0.2) is 0 Å². The molecule has 0 spiro atoms. The van der Waals surface area contributed by atoms with Crippen LogP contribution in [0.4, 0.5) is 0 Å². The lowest BCUT2D eigenvalue weighted by Crippen LogP contribution is -2.34. The van der Waals surface area contributed by atoms with Crippen LogP contribution in [0.25, 0.3) is 0 Å². The lowest BCUT2D eigenvalue weighted by Gasteiger charge is -2.20. The molecule has 1 aromatic carbocycles. The number of carbonyl (C=O) groups is 2. The van der Waals surface area contributed by atoms with Crippen molar-refractivity contribution in [1.29, 1.82) is 0 Å². The number of cyclic esters (lactones) is 1. The van der Waals surface area contributed by atoms with Crippen molar-refractivity contribution in [3.8, 4) is 12.3 Å². The van der Waals surface area contributed by atoms with E-state index in [0.29, 0.717) is 25.8 Å². The number of terminal acetylenes is 1. The molecule has 2 rings (SSSR count). The van der Waals surface area contributed by atoms with Crippen molar-refractivity contribution >= 4 is 21.9 Å². The van der Waals surface area contributed by atoms with E-state index < -0.39 is 15.9 Å². The molecule has 7 nitrogen and oxygen atoms in total. The van der Waals surface area contributed by atoms with E-state index in [1.54, 1.807) is 24.3 Å². The Kier molecular flexibility index (Phi) is 8.23. The molecule has 0 atom stereocenters. The minimum Gasteiger partial charge on any atom is -0.461 e. The maximum atomic E-state index is 13.1. The number of fused-ring (bicyclic) bond motifs is 1. The van der Waals surface area contributed by atoms with Gasteiger partial charge >= 0.3 is 5.97 Å². The summed E-state index contributed by atoms with van der Waals surface area (Å²) in [7, 11) is -3.99. The summed E-state index contributed by atoms with van der Waals surface area (Å²) in [5.74, 6) is 1.56. The summed E-state index contributed by atoms with van der Waals surface area (Å²) in [6.07, 6.45) is 10.9. The Morgan fingerprint density at radius 3 is 2.71 bits per heavy atom. The van der Waals surface area contributed by atoms with Crippen LogP contribution in [0.15, 0.2) is 41.3 Å². The summed E-state index contributed by atoms with van der Waals surface area (Å²) >= 11 is 0. The fraction of sp³-hybridized carbons (Fsp3) is 0.400. The molecule has 150 valence electrons. The van der Waals surface area contributed by atoms with Gasteiger partial charge in [-0.1, -0.05) is 30.6 Å². The van der Waals surface area contributed by atoms with Crippen molar-refractivity contribution in [2.45, 2.75) is 30.6 Å². The van der Waals surface area contributed by atoms with Crippen LogP contribution in [0.2, 0.25) is 0 Å². The second kappa shape index (κ2) is 10.6. The van der Waals surface area contributed by atoms with Gasteiger partial charge in [-0.25, -0.2) is 8.42 Å². The molecule has 8 heteroatoms. The number of hydrogen-bond acceptors (Lipinski definition) is 5. The highest BCUT2D eigenvalue weighted by Gasteiger charge is 2.27. The van der Waals surface area contributed by atoms with E-state index >= 15 is 0 Å². The normalized spacial score (nSPS) is 20.7. The topological polar surface area (TPSA) is 92.8 Å². The number of sulfonamides is 1. The molecule has 1 N–H and O–H groups in total. The molecule has 1 aromatic rings. The first-order chi connectivity index (χ1) is 13.5. The van der Waals surface area contributed by atoms with E-state index in [1.807, 2.05) is 0 Å². The van der Waals surface area contributed by atoms with Gasteiger partial charge in [0.2, 0.25) is 10.0 Å². The fourth-order valence-electron chi connectivity index (χ4n) is 2.71. The van der Waals surface area contributed by atoms with Crippen LogP contribution in [-0.2, 0) is 19.6 Å². The Labute approximate surface area is 165 Å². The van der Waals surface area contributed by atoms with Crippen LogP contribution in [0.1, 0.15) is 36.0 Å². The lowest BCUT2D eigenvalue weighted by molar-refractivity contribution is -0.142. The molecule has 1 heterocycles. The molecule has 0 saturated heterocycles. The van der Waals surface area contributed by atoms with Gasteiger partial charge < -0.3 is 10.1 Å². The van der Waals surface area contributed by atoms with Gasteiger partial charge in [0.1, 0.15) is 6.61 Å². The van der Waals surface area contributed by atoms with Crippen molar-refractivity contribution in [2.75, 3.05) is 26.2 Å². The smallest absolute Gasteiger partial charge is 0.306 e. The number of benzene rings is 1. The summed E-state index contributed by atoms with van der Waals surface area (Å²) < 4.78 is 32.4. The molecule has 0 saturated carbocycles. The minimum absolute atomic E-state index is 0.0000368. The fourth-order valence-corrected chi connectivity index (χ4v) is 4.20. The molecule has 0 aromatic heterocycles. The largest absolute Gasteiger partial charge is 0.461 e. The second-order valence-corrected chi connectivity index (χ2v) is 8.13. The van der Waals surface area contributed by atoms with Crippen molar-refractivity contribution in [3.05, 3.63) is 42.0 Å². The molecule has 1 aliphatic heterocycles. The summed E-state index contributed by atoms with van der Waals surface area (Å²) in [5.41, 5.74) is 0.0799. The number of amides is 1. The van der Waals surface area contributed by atoms with E-state index in [2.05, 4.69) is 11.2 Å². The number of carbonyl (C=O) groups excluding carboxylic acids is 2. The first-order valence-corrected chi connectivity index (χ1v) is 10.5. The predicted molar refractivity (Wildman–Crippen MR) is 105 cm³/mol. The van der Waals surface area contributed by atoms with E-state index in [0.717, 1.165) is 10.7 Å². The second-order valence-electron chi connectivity index (χ2n) is 6.22. The standard InChI is InChI=1S/C20H24N2O5S/c1-2-14-22-15-8-9-16-27-19(23)12-4-3-7-13-21-20(24)17-10-5-6-11-18(17)28(22,25)26/h1,5-6,8-11H,3-4,7,12-16H2,(H,21,24)/b9-8-. The third-order valence-electron chi connectivity index (χ3n) is 4.18. The zero-order valence-electron chi connectivity index (χ0n) is 15.6. The van der Waals surface area contributed by atoms with E-state index in [-0.39, 0.29) is 36.1 Å². The summed E-state index contributed by atoms with van der Waals surface area (Å²) in [5, 5.41) is 2.74. The molecular formula is C20H24N2O5S. The molecule has 0 aliphatic carbocycles. The first kappa shape index (κ1) is 21.7. The van der Waals surface area contributed by atoms with Crippen molar-refractivity contribution in [3.63, 3.8) is 0 Å². The molecule has 0 fully saturated rings. The van der Waals surface area contributed by atoms with Crippen molar-refractivity contribution in [1.82, 2.24) is 9.62 Å². The Hall–Kier alpha value is -2.63. The minimum atomic E-state index is -3.99. The Morgan fingerprint density at radius 1 is 1.14 bits per heavy atom. The average molecular weight is 404 g/mol. The Bertz CT molecular complexity index is 871. The number of esters is 1. The van der Waals surface area contributed by atoms with E-state index in [9.17, 15) is 18.0 Å². The number of nitrogens with one attached hydrogen (secondary N) is 1. The maximum Gasteiger partial charge on any atom is 0.306 e. The third-order valence-corrected chi connectivity index (χ3v) is 6.05. The van der Waals surface area contributed by atoms with Gasteiger partial charge in [0, 0.05) is 19.5 Å². The van der Waals surface area contributed by atoms with Gasteiger partial charge in [0.05, 0.1) is 17.0 Å². The predicted octanol–water partition coefficient (Wildman–Crippen LogP) is 1.71. The molecule has 0 radical (unpaired) electrons. The molecule has 28 heavy (non-hydrogen) atoms. The molecule has 0 unspecified atom stereocenters. The van der Waals surface area contributed by atoms with Crippen LogP contribution < -0.4 is 5.32 Å². The summed E-state index contributed by atoms with van der Waals surface area (Å²) in [6, 6.07) is 6.06. The van der Waals surface area contributed by atoms with E-state index in [1.165, 1.54) is 12.1 Å². The Morgan fingerprint density at radius 2 is 1.93 bits per heavy atom. The molecule has 0 bridgehead atoms. The number of hydrogen-bond donors (Lipinski definition) is 1. The highest BCUT2D eigenvalue weighted by molar-refractivity contribution is 7.89. The number of rotatable bonds is 1. The van der Waals surface area contributed by atoms with Crippen LogP contribution in [0.5, 0.6) is 0 Å². The first-order valence-electron chi connectivity index (χ1n) is 9.08. The number of nitrogens with zero attached hydrogens (tertiary/aromatic N) is 1. The van der Waals surface area contributed by atoms with Crippen molar-refractivity contribution in [2.24, 2.45) is 0 Å². The monoisotopic (exact) mass is 404 g/mol. The lowest BCUT2D eigenvalue weighted by atomic mass is 10.2. The maximum absolute atomic E-state index is 13.1.